The molecule has 96 valence electrons. The number of hydrogen-bond acceptors (Lipinski definition) is 4. The van der Waals surface area contributed by atoms with Crippen LogP contribution in [-0.2, 0) is 10.1 Å². The molecule has 0 unspecified atom stereocenters. The van der Waals surface area contributed by atoms with Gasteiger partial charge in [-0.3, -0.25) is 0 Å². The summed E-state index contributed by atoms with van der Waals surface area (Å²) in [6.07, 6.45) is 0. The lowest BCUT2D eigenvalue weighted by Gasteiger charge is -2.11. The molecule has 1 aromatic rings. The molecule has 0 spiro atoms. The Morgan fingerprint density at radius 2 is 2.22 bits per heavy atom. The van der Waals surface area contributed by atoms with E-state index < -0.39 is 12.6 Å². The maximum atomic E-state index is 12.2. The van der Waals surface area contributed by atoms with Gasteiger partial charge in [0.1, 0.15) is 11.8 Å². The van der Waals surface area contributed by atoms with Crippen molar-refractivity contribution in [2.75, 3.05) is 7.11 Å². The van der Waals surface area contributed by atoms with Crippen molar-refractivity contribution >= 4 is 21.9 Å². The van der Waals surface area contributed by atoms with Crippen molar-refractivity contribution in [3.8, 4) is 11.8 Å². The first-order valence-electron chi connectivity index (χ1n) is 4.69. The number of hydrogen-bond donors (Lipinski definition) is 0. The van der Waals surface area contributed by atoms with Crippen LogP contribution in [-0.4, -0.2) is 19.7 Å². The minimum atomic E-state index is -3.00. The minimum absolute atomic E-state index is 0.0102. The Bertz CT molecular complexity index is 500. The van der Waals surface area contributed by atoms with Gasteiger partial charge in [0.05, 0.1) is 18.2 Å². The van der Waals surface area contributed by atoms with E-state index in [1.54, 1.807) is 6.07 Å². The third-order valence-corrected chi connectivity index (χ3v) is 2.69. The number of carbonyl (C=O) groups is 1. The molecule has 0 N–H and O–H groups in total. The van der Waals surface area contributed by atoms with Crippen LogP contribution in [0.5, 0.6) is 5.75 Å². The number of esters is 1. The SMILES string of the molecule is COC(=O)c1cc(CBr)c(OC(F)F)cc1C#N. The van der Waals surface area contributed by atoms with Gasteiger partial charge in [-0.25, -0.2) is 4.79 Å². The summed E-state index contributed by atoms with van der Waals surface area (Å²) < 4.78 is 33.2. The lowest BCUT2D eigenvalue weighted by Crippen LogP contribution is -2.09. The highest BCUT2D eigenvalue weighted by atomic mass is 79.9. The fraction of sp³-hybridized carbons (Fsp3) is 0.273. The Morgan fingerprint density at radius 3 is 2.67 bits per heavy atom. The first kappa shape index (κ1) is 14.4. The Labute approximate surface area is 110 Å². The standard InChI is InChI=1S/C11H8BrF2NO3/c1-17-10(16)8-2-6(4-12)9(18-11(13)14)3-7(8)5-15/h2-3,11H,4H2,1H3. The van der Waals surface area contributed by atoms with Gasteiger partial charge in [0.15, 0.2) is 0 Å². The first-order valence-corrected chi connectivity index (χ1v) is 5.81. The largest absolute Gasteiger partial charge is 0.465 e. The Kier molecular flexibility index (Phi) is 5.04. The molecule has 0 heterocycles. The molecule has 0 fully saturated rings. The number of rotatable bonds is 4. The van der Waals surface area contributed by atoms with Crippen LogP contribution in [0.4, 0.5) is 8.78 Å². The second kappa shape index (κ2) is 6.31. The van der Waals surface area contributed by atoms with Gasteiger partial charge in [-0.05, 0) is 12.1 Å². The summed E-state index contributed by atoms with van der Waals surface area (Å²) in [4.78, 5) is 11.4. The van der Waals surface area contributed by atoms with Crippen LogP contribution < -0.4 is 4.74 Å². The molecule has 0 aliphatic carbocycles. The minimum Gasteiger partial charge on any atom is -0.465 e. The van der Waals surface area contributed by atoms with Gasteiger partial charge >= 0.3 is 12.6 Å². The maximum absolute atomic E-state index is 12.2. The summed E-state index contributed by atoms with van der Waals surface area (Å²) in [5.74, 6) is -0.858. The van der Waals surface area contributed by atoms with Crippen molar-refractivity contribution in [2.24, 2.45) is 0 Å². The zero-order chi connectivity index (χ0) is 13.7. The molecule has 1 rings (SSSR count). The molecule has 18 heavy (non-hydrogen) atoms. The lowest BCUT2D eigenvalue weighted by atomic mass is 10.0. The Balaban J connectivity index is 3.33. The predicted molar refractivity (Wildman–Crippen MR) is 61.8 cm³/mol. The second-order valence-electron chi connectivity index (χ2n) is 3.12. The molecular formula is C11H8BrF2NO3. The van der Waals surface area contributed by atoms with E-state index in [2.05, 4.69) is 25.4 Å². The third-order valence-electron chi connectivity index (χ3n) is 2.09. The summed E-state index contributed by atoms with van der Waals surface area (Å²) in [5, 5.41) is 9.07. The summed E-state index contributed by atoms with van der Waals surface area (Å²) >= 11 is 3.09. The van der Waals surface area contributed by atoms with Crippen molar-refractivity contribution < 1.29 is 23.0 Å². The monoisotopic (exact) mass is 319 g/mol. The normalized spacial score (nSPS) is 10.0. The molecule has 0 aliphatic heterocycles. The van der Waals surface area contributed by atoms with Crippen LogP contribution in [0.1, 0.15) is 21.5 Å². The Morgan fingerprint density at radius 1 is 1.56 bits per heavy atom. The van der Waals surface area contributed by atoms with E-state index in [-0.39, 0.29) is 22.2 Å². The van der Waals surface area contributed by atoms with E-state index in [0.29, 0.717) is 5.56 Å². The van der Waals surface area contributed by atoms with E-state index in [1.165, 1.54) is 13.2 Å². The molecule has 0 amide bonds. The van der Waals surface area contributed by atoms with Gasteiger partial charge in [0.25, 0.3) is 0 Å². The molecule has 1 aromatic carbocycles. The smallest absolute Gasteiger partial charge is 0.387 e. The molecule has 7 heteroatoms. The molecule has 0 saturated carbocycles. The van der Waals surface area contributed by atoms with Gasteiger partial charge in [-0.15, -0.1) is 0 Å². The Hall–Kier alpha value is -1.68. The number of alkyl halides is 3. The van der Waals surface area contributed by atoms with Crippen LogP contribution in [0.15, 0.2) is 12.1 Å². The molecule has 0 saturated heterocycles. The molecule has 0 bridgehead atoms. The van der Waals surface area contributed by atoms with E-state index in [9.17, 15) is 13.6 Å². The molecule has 0 atom stereocenters. The lowest BCUT2D eigenvalue weighted by molar-refractivity contribution is -0.0503. The zero-order valence-corrected chi connectivity index (χ0v) is 10.8. The quantitative estimate of drug-likeness (QED) is 0.632. The summed E-state index contributed by atoms with van der Waals surface area (Å²) in [5.41, 5.74) is 0.257. The highest BCUT2D eigenvalue weighted by Crippen LogP contribution is 2.27. The van der Waals surface area contributed by atoms with Crippen LogP contribution in [0.2, 0.25) is 0 Å². The van der Waals surface area contributed by atoms with Gasteiger partial charge in [0.2, 0.25) is 0 Å². The fourth-order valence-corrected chi connectivity index (χ4v) is 1.74. The average Bonchev–Trinajstić information content (AvgIpc) is 2.36. The van der Waals surface area contributed by atoms with Crippen molar-refractivity contribution in [3.63, 3.8) is 0 Å². The highest BCUT2D eigenvalue weighted by molar-refractivity contribution is 9.08. The van der Waals surface area contributed by atoms with Crippen LogP contribution in [0, 0.1) is 11.3 Å². The molecule has 4 nitrogen and oxygen atoms in total. The van der Waals surface area contributed by atoms with Crippen molar-refractivity contribution in [2.45, 2.75) is 11.9 Å². The van der Waals surface area contributed by atoms with Crippen LogP contribution >= 0.6 is 15.9 Å². The van der Waals surface area contributed by atoms with E-state index in [1.807, 2.05) is 0 Å². The number of halogens is 3. The number of nitriles is 1. The second-order valence-corrected chi connectivity index (χ2v) is 3.68. The van der Waals surface area contributed by atoms with E-state index >= 15 is 0 Å². The number of benzene rings is 1. The van der Waals surface area contributed by atoms with E-state index in [0.717, 1.165) is 6.07 Å². The average molecular weight is 320 g/mol. The van der Waals surface area contributed by atoms with E-state index in [4.69, 9.17) is 5.26 Å². The summed E-state index contributed by atoms with van der Waals surface area (Å²) in [6, 6.07) is 4.12. The first-order chi connectivity index (χ1) is 8.53. The topological polar surface area (TPSA) is 59.3 Å². The van der Waals surface area contributed by atoms with Crippen molar-refractivity contribution in [1.82, 2.24) is 0 Å². The number of ether oxygens (including phenoxy) is 2. The number of carbonyl (C=O) groups excluding carboxylic acids is 1. The van der Waals surface area contributed by atoms with Gasteiger partial charge in [-0.2, -0.15) is 14.0 Å². The van der Waals surface area contributed by atoms with Crippen LogP contribution in [0.25, 0.3) is 0 Å². The van der Waals surface area contributed by atoms with Gasteiger partial charge in [-0.1, -0.05) is 15.9 Å². The third kappa shape index (κ3) is 3.17. The molecule has 0 radical (unpaired) electrons. The van der Waals surface area contributed by atoms with Gasteiger partial charge < -0.3 is 9.47 Å². The molecular weight excluding hydrogens is 312 g/mol. The zero-order valence-electron chi connectivity index (χ0n) is 9.25. The maximum Gasteiger partial charge on any atom is 0.387 e. The number of methoxy groups -OCH3 is 1. The fourth-order valence-electron chi connectivity index (χ4n) is 1.31. The summed E-state index contributed by atoms with van der Waals surface area (Å²) in [6.45, 7) is -3.00. The predicted octanol–water partition coefficient (Wildman–Crippen LogP) is 2.84. The molecule has 0 aliphatic rings. The highest BCUT2D eigenvalue weighted by Gasteiger charge is 2.18. The number of nitrogens with zero attached hydrogens (tertiary/aromatic N) is 1. The molecule has 0 aromatic heterocycles. The van der Waals surface area contributed by atoms with Crippen molar-refractivity contribution in [3.05, 3.63) is 28.8 Å². The van der Waals surface area contributed by atoms with Gasteiger partial charge in [0, 0.05) is 10.9 Å². The van der Waals surface area contributed by atoms with Crippen LogP contribution in [0.3, 0.4) is 0 Å². The summed E-state index contributed by atoms with van der Waals surface area (Å²) in [7, 11) is 1.17. The van der Waals surface area contributed by atoms with Crippen molar-refractivity contribution in [1.29, 1.82) is 5.26 Å².